The molecule has 0 aromatic heterocycles. The molecule has 0 bridgehead atoms. The monoisotopic (exact) mass is 299 g/mol. The Hall–Kier alpha value is 0.0400. The van der Waals surface area contributed by atoms with Crippen LogP contribution in [-0.4, -0.2) is 0 Å². The molecule has 1 nitrogen and oxygen atoms in total. The summed E-state index contributed by atoms with van der Waals surface area (Å²) in [6.07, 6.45) is 0. The Labute approximate surface area is 97.2 Å². The standard InChI is InChI=1S/C9H13N.ClH.HI/c1-6-4-5-9(10)8(3)7(6)2;;/h4-5H,10H2,1-3H3;2*1H. The van der Waals surface area contributed by atoms with E-state index in [0.717, 1.165) is 5.69 Å². The molecule has 2 N–H and O–H groups in total. The molecule has 0 aliphatic carbocycles. The van der Waals surface area contributed by atoms with Crippen LogP contribution in [0.15, 0.2) is 12.1 Å². The molecule has 0 saturated heterocycles. The second-order valence-corrected chi connectivity index (χ2v) is 2.72. The third kappa shape index (κ3) is 2.83. The minimum Gasteiger partial charge on any atom is -0.399 e. The Morgan fingerprint density at radius 2 is 1.50 bits per heavy atom. The van der Waals surface area contributed by atoms with Crippen LogP contribution in [-0.2, 0) is 0 Å². The normalized spacial score (nSPS) is 8.25. The van der Waals surface area contributed by atoms with Crippen molar-refractivity contribution in [3.05, 3.63) is 28.8 Å². The summed E-state index contributed by atoms with van der Waals surface area (Å²) in [5, 5.41) is 0. The Morgan fingerprint density at radius 3 is 1.92 bits per heavy atom. The van der Waals surface area contributed by atoms with Gasteiger partial charge in [0.2, 0.25) is 0 Å². The first-order valence-electron chi connectivity index (χ1n) is 3.45. The maximum absolute atomic E-state index is 5.69. The summed E-state index contributed by atoms with van der Waals surface area (Å²) in [5.41, 5.74) is 10.4. The van der Waals surface area contributed by atoms with Crippen molar-refractivity contribution in [3.8, 4) is 0 Å². The van der Waals surface area contributed by atoms with E-state index in [1.54, 1.807) is 0 Å². The molecule has 0 spiro atoms. The molecule has 1 aromatic carbocycles. The van der Waals surface area contributed by atoms with Crippen molar-refractivity contribution in [1.82, 2.24) is 0 Å². The zero-order valence-corrected chi connectivity index (χ0v) is 10.7. The molecule has 0 saturated carbocycles. The molecular formula is C9H15ClIN. The first-order valence-corrected chi connectivity index (χ1v) is 3.45. The molecule has 1 aromatic rings. The summed E-state index contributed by atoms with van der Waals surface area (Å²) in [7, 11) is 0. The van der Waals surface area contributed by atoms with Gasteiger partial charge in [0.1, 0.15) is 0 Å². The zero-order chi connectivity index (χ0) is 7.72. The zero-order valence-electron chi connectivity index (χ0n) is 7.55. The number of hydrogen-bond donors (Lipinski definition) is 1. The van der Waals surface area contributed by atoms with Crippen LogP contribution in [0.5, 0.6) is 0 Å². The number of hydrogen-bond acceptors (Lipinski definition) is 1. The molecule has 0 unspecified atom stereocenters. The van der Waals surface area contributed by atoms with E-state index in [1.807, 2.05) is 6.07 Å². The summed E-state index contributed by atoms with van der Waals surface area (Å²) in [6.45, 7) is 6.25. The second-order valence-electron chi connectivity index (χ2n) is 2.72. The highest BCUT2D eigenvalue weighted by Gasteiger charge is 1.98. The van der Waals surface area contributed by atoms with E-state index in [1.165, 1.54) is 16.7 Å². The van der Waals surface area contributed by atoms with Gasteiger partial charge in [0.15, 0.2) is 0 Å². The quantitative estimate of drug-likeness (QED) is 0.578. The smallest absolute Gasteiger partial charge is 0.0346 e. The van der Waals surface area contributed by atoms with Gasteiger partial charge < -0.3 is 5.73 Å². The van der Waals surface area contributed by atoms with E-state index < -0.39 is 0 Å². The lowest BCUT2D eigenvalue weighted by Crippen LogP contribution is -1.93. The number of halogens is 2. The first kappa shape index (κ1) is 14.6. The summed E-state index contributed by atoms with van der Waals surface area (Å²) in [4.78, 5) is 0. The van der Waals surface area contributed by atoms with Gasteiger partial charge in [-0.05, 0) is 43.5 Å². The lowest BCUT2D eigenvalue weighted by Gasteiger charge is -2.05. The third-order valence-electron chi connectivity index (χ3n) is 2.10. The fraction of sp³-hybridized carbons (Fsp3) is 0.333. The fourth-order valence-corrected chi connectivity index (χ4v) is 0.977. The van der Waals surface area contributed by atoms with Crippen molar-refractivity contribution in [1.29, 1.82) is 0 Å². The fourth-order valence-electron chi connectivity index (χ4n) is 0.977. The highest BCUT2D eigenvalue weighted by Crippen LogP contribution is 2.17. The minimum absolute atomic E-state index is 0. The average molecular weight is 300 g/mol. The highest BCUT2D eigenvalue weighted by molar-refractivity contribution is 14.0. The van der Waals surface area contributed by atoms with E-state index in [0.29, 0.717) is 0 Å². The van der Waals surface area contributed by atoms with Crippen LogP contribution in [0.4, 0.5) is 5.69 Å². The van der Waals surface area contributed by atoms with Crippen LogP contribution < -0.4 is 5.73 Å². The van der Waals surface area contributed by atoms with E-state index in [9.17, 15) is 0 Å². The van der Waals surface area contributed by atoms with Crippen molar-refractivity contribution in [2.24, 2.45) is 0 Å². The van der Waals surface area contributed by atoms with Crippen LogP contribution in [0.3, 0.4) is 0 Å². The third-order valence-corrected chi connectivity index (χ3v) is 2.10. The summed E-state index contributed by atoms with van der Waals surface area (Å²) in [6, 6.07) is 4.01. The Bertz CT molecular complexity index is 234. The van der Waals surface area contributed by atoms with Gasteiger partial charge in [0.25, 0.3) is 0 Å². The Morgan fingerprint density at radius 1 is 1.00 bits per heavy atom. The molecule has 70 valence electrons. The van der Waals surface area contributed by atoms with E-state index in [4.69, 9.17) is 5.73 Å². The maximum Gasteiger partial charge on any atom is 0.0346 e. The number of nitrogens with two attached hydrogens (primary N) is 1. The topological polar surface area (TPSA) is 26.0 Å². The van der Waals surface area contributed by atoms with Crippen LogP contribution in [0.1, 0.15) is 16.7 Å². The number of anilines is 1. The van der Waals surface area contributed by atoms with Gasteiger partial charge in [0.05, 0.1) is 0 Å². The van der Waals surface area contributed by atoms with E-state index in [2.05, 4.69) is 26.8 Å². The highest BCUT2D eigenvalue weighted by atomic mass is 127. The van der Waals surface area contributed by atoms with Crippen molar-refractivity contribution >= 4 is 42.1 Å². The summed E-state index contributed by atoms with van der Waals surface area (Å²) in [5.74, 6) is 0. The predicted molar refractivity (Wildman–Crippen MR) is 67.7 cm³/mol. The largest absolute Gasteiger partial charge is 0.399 e. The van der Waals surface area contributed by atoms with Gasteiger partial charge in [-0.2, -0.15) is 0 Å². The number of nitrogen functional groups attached to an aromatic ring is 1. The number of aryl methyl sites for hydroxylation is 1. The molecule has 3 heteroatoms. The first-order chi connectivity index (χ1) is 4.63. The minimum atomic E-state index is 0. The Balaban J connectivity index is 0. The molecule has 0 aliphatic heterocycles. The van der Waals surface area contributed by atoms with Crippen LogP contribution >= 0.6 is 36.4 Å². The SMILES string of the molecule is Cc1ccc(N)c(C)c1C.Cl.I. The Kier molecular flexibility index (Phi) is 6.85. The van der Waals surface area contributed by atoms with Crippen LogP contribution in [0, 0.1) is 20.8 Å². The molecule has 0 fully saturated rings. The molecule has 12 heavy (non-hydrogen) atoms. The van der Waals surface area contributed by atoms with Gasteiger partial charge in [-0.1, -0.05) is 6.07 Å². The molecular weight excluding hydrogens is 284 g/mol. The van der Waals surface area contributed by atoms with E-state index >= 15 is 0 Å². The van der Waals surface area contributed by atoms with Crippen molar-refractivity contribution in [2.75, 3.05) is 5.73 Å². The number of rotatable bonds is 0. The van der Waals surface area contributed by atoms with Gasteiger partial charge in [-0.15, -0.1) is 36.4 Å². The molecule has 0 amide bonds. The van der Waals surface area contributed by atoms with Crippen LogP contribution in [0.2, 0.25) is 0 Å². The van der Waals surface area contributed by atoms with Gasteiger partial charge in [-0.3, -0.25) is 0 Å². The lowest BCUT2D eigenvalue weighted by molar-refractivity contribution is 1.27. The predicted octanol–water partition coefficient (Wildman–Crippen LogP) is 3.23. The number of benzene rings is 1. The van der Waals surface area contributed by atoms with Gasteiger partial charge in [-0.25, -0.2) is 0 Å². The maximum atomic E-state index is 5.69. The summed E-state index contributed by atoms with van der Waals surface area (Å²) >= 11 is 0. The van der Waals surface area contributed by atoms with E-state index in [-0.39, 0.29) is 36.4 Å². The van der Waals surface area contributed by atoms with Crippen molar-refractivity contribution < 1.29 is 0 Å². The van der Waals surface area contributed by atoms with Gasteiger partial charge >= 0.3 is 0 Å². The molecule has 0 atom stereocenters. The van der Waals surface area contributed by atoms with Crippen LogP contribution in [0.25, 0.3) is 0 Å². The van der Waals surface area contributed by atoms with Crippen molar-refractivity contribution in [3.63, 3.8) is 0 Å². The molecule has 0 aliphatic rings. The van der Waals surface area contributed by atoms with Gasteiger partial charge in [0, 0.05) is 5.69 Å². The molecule has 0 radical (unpaired) electrons. The second kappa shape index (κ2) is 5.65. The summed E-state index contributed by atoms with van der Waals surface area (Å²) < 4.78 is 0. The van der Waals surface area contributed by atoms with Crippen molar-refractivity contribution in [2.45, 2.75) is 20.8 Å². The molecule has 1 rings (SSSR count). The molecule has 0 heterocycles. The average Bonchev–Trinajstić information content (AvgIpc) is 1.93. The lowest BCUT2D eigenvalue weighted by atomic mass is 10.0.